The summed E-state index contributed by atoms with van der Waals surface area (Å²) in [6.45, 7) is 55.9. The molecule has 0 unspecified atom stereocenters. The summed E-state index contributed by atoms with van der Waals surface area (Å²) in [6.07, 6.45) is 11.1. The van der Waals surface area contributed by atoms with E-state index < -0.39 is 43.4 Å². The van der Waals surface area contributed by atoms with Gasteiger partial charge in [-0.15, -0.1) is 0 Å². The van der Waals surface area contributed by atoms with Crippen molar-refractivity contribution < 1.29 is 46.5 Å². The maximum Gasteiger partial charge on any atom is 0.404 e. The molecule has 1 rings (SSSR count). The molecule has 1 fully saturated rings. The molecule has 1 heterocycles. The van der Waals surface area contributed by atoms with Crippen LogP contribution < -0.4 is 5.73 Å². The summed E-state index contributed by atoms with van der Waals surface area (Å²) in [4.78, 5) is 12.3. The Bertz CT molecular complexity index is 1630. The molecule has 1 saturated heterocycles. The summed E-state index contributed by atoms with van der Waals surface area (Å²) in [5.41, 5.74) is 6.90. The van der Waals surface area contributed by atoms with Gasteiger partial charge in [-0.05, 0) is 73.7 Å². The summed E-state index contributed by atoms with van der Waals surface area (Å²) >= 11 is 0. The fourth-order valence-corrected chi connectivity index (χ4v) is 12.8. The van der Waals surface area contributed by atoms with Crippen molar-refractivity contribution in [2.75, 3.05) is 27.8 Å². The van der Waals surface area contributed by atoms with Crippen LogP contribution in [0, 0.1) is 41.4 Å². The van der Waals surface area contributed by atoms with Crippen LogP contribution in [0.3, 0.4) is 0 Å². The van der Waals surface area contributed by atoms with Gasteiger partial charge in [0.05, 0.1) is 30.5 Å². The lowest BCUT2D eigenvalue weighted by atomic mass is 9.81. The van der Waals surface area contributed by atoms with E-state index in [1.807, 2.05) is 19.1 Å². The lowest BCUT2D eigenvalue weighted by Crippen LogP contribution is -2.58. The Morgan fingerprint density at radius 2 is 1.20 bits per heavy atom. The van der Waals surface area contributed by atoms with Crippen molar-refractivity contribution in [3.05, 3.63) is 48.6 Å². The van der Waals surface area contributed by atoms with Gasteiger partial charge >= 0.3 is 6.09 Å². The highest BCUT2D eigenvalue weighted by atomic mass is 28.4. The Labute approximate surface area is 427 Å². The van der Waals surface area contributed by atoms with Gasteiger partial charge in [-0.2, -0.15) is 0 Å². The van der Waals surface area contributed by atoms with Crippen LogP contribution in [0.1, 0.15) is 131 Å². The van der Waals surface area contributed by atoms with Gasteiger partial charge in [-0.25, -0.2) is 4.79 Å². The molecule has 14 atom stereocenters. The first-order chi connectivity index (χ1) is 31.4. The first-order valence-corrected chi connectivity index (χ1v) is 34.6. The molecular formula is C55H107NO10Si3. The molecule has 1 aliphatic rings. The minimum Gasteiger partial charge on any atom is -0.445 e. The number of methoxy groups -OCH3 is 2. The number of carbonyl (C=O) groups is 1. The molecule has 0 saturated carbocycles. The van der Waals surface area contributed by atoms with Gasteiger partial charge in [0.15, 0.2) is 31.2 Å². The van der Waals surface area contributed by atoms with Gasteiger partial charge in [-0.1, -0.05) is 159 Å². The van der Waals surface area contributed by atoms with Crippen molar-refractivity contribution >= 4 is 31.0 Å². The van der Waals surface area contributed by atoms with Crippen LogP contribution >= 0.6 is 0 Å². The van der Waals surface area contributed by atoms with Crippen molar-refractivity contribution in [1.29, 1.82) is 0 Å². The molecule has 0 aromatic heterocycles. The third-order valence-electron chi connectivity index (χ3n) is 16.1. The van der Waals surface area contributed by atoms with Gasteiger partial charge in [0.25, 0.3) is 0 Å². The number of carbonyl (C=O) groups excluding carboxylic acids is 1. The maximum absolute atomic E-state index is 12.3. The number of primary amides is 1. The number of nitrogens with two attached hydrogens (primary N) is 1. The smallest absolute Gasteiger partial charge is 0.404 e. The van der Waals surface area contributed by atoms with Crippen molar-refractivity contribution in [2.45, 2.75) is 228 Å². The zero-order valence-corrected chi connectivity index (χ0v) is 51.7. The van der Waals surface area contributed by atoms with E-state index in [0.29, 0.717) is 6.42 Å². The van der Waals surface area contributed by atoms with E-state index in [1.165, 1.54) is 5.57 Å². The largest absolute Gasteiger partial charge is 0.445 e. The molecule has 404 valence electrons. The number of hydrogen-bond acceptors (Lipinski definition) is 10. The van der Waals surface area contributed by atoms with Gasteiger partial charge in [0, 0.05) is 56.1 Å². The Kier molecular flexibility index (Phi) is 26.4. The van der Waals surface area contributed by atoms with Gasteiger partial charge < -0.3 is 47.4 Å². The van der Waals surface area contributed by atoms with Crippen LogP contribution in [0.2, 0.25) is 54.4 Å². The van der Waals surface area contributed by atoms with Gasteiger partial charge in [0.2, 0.25) is 0 Å². The average molecular weight is 1030 g/mol. The molecule has 1 amide bonds. The minimum atomic E-state index is -2.26. The Balaban J connectivity index is 3.63. The second-order valence-electron chi connectivity index (χ2n) is 25.2. The summed E-state index contributed by atoms with van der Waals surface area (Å²) in [5, 5.41) is 0.0505. The molecule has 0 aliphatic carbocycles. The SMILES string of the molecule is C=C/C=C\[C@H](C)[C@H](OC(N)=O)[C@@H](C)[C@H](O[Si](C)(C)C(C)(C)C)[C@@H](C)C/C(C)=C\[C@H](C)[C@@H](OCOC)[C@@H](C)/C=C\[C@H](C[C@@H]1O[C@@H](O[Si](C)(C)C(C)(C)C)[C@H](C)[C@@H](O[Si](C)(C)C(C)(C)C)[C@H]1C)OCOC. The first kappa shape index (κ1) is 65.6. The zero-order chi connectivity index (χ0) is 53.7. The summed E-state index contributed by atoms with van der Waals surface area (Å²) in [6, 6.07) is 0. The second-order valence-corrected chi connectivity index (χ2v) is 39.5. The summed E-state index contributed by atoms with van der Waals surface area (Å²) in [5.74, 6) is -0.000289. The van der Waals surface area contributed by atoms with E-state index in [4.69, 9.17) is 47.4 Å². The highest BCUT2D eigenvalue weighted by molar-refractivity contribution is 6.75. The van der Waals surface area contributed by atoms with Crippen molar-refractivity contribution in [1.82, 2.24) is 0 Å². The Morgan fingerprint density at radius 1 is 0.696 bits per heavy atom. The molecule has 11 nitrogen and oxygen atoms in total. The van der Waals surface area contributed by atoms with Gasteiger partial charge in [0.1, 0.15) is 19.7 Å². The van der Waals surface area contributed by atoms with Crippen LogP contribution in [0.25, 0.3) is 0 Å². The van der Waals surface area contributed by atoms with Crippen LogP contribution in [0.4, 0.5) is 4.79 Å². The van der Waals surface area contributed by atoms with Crippen molar-refractivity contribution in [2.24, 2.45) is 47.2 Å². The molecule has 14 heteroatoms. The van der Waals surface area contributed by atoms with Gasteiger partial charge in [-0.3, -0.25) is 0 Å². The average Bonchev–Trinajstić information content (AvgIpc) is 3.20. The van der Waals surface area contributed by atoms with Crippen LogP contribution in [0.15, 0.2) is 48.6 Å². The van der Waals surface area contributed by atoms with E-state index >= 15 is 0 Å². The van der Waals surface area contributed by atoms with E-state index in [2.05, 4.69) is 175 Å². The van der Waals surface area contributed by atoms with Crippen LogP contribution in [0.5, 0.6) is 0 Å². The Morgan fingerprint density at radius 3 is 1.70 bits per heavy atom. The van der Waals surface area contributed by atoms with E-state index in [9.17, 15) is 4.79 Å². The second kappa shape index (κ2) is 27.7. The van der Waals surface area contributed by atoms with Crippen LogP contribution in [-0.4, -0.2) is 102 Å². The lowest BCUT2D eigenvalue weighted by molar-refractivity contribution is -0.237. The predicted octanol–water partition coefficient (Wildman–Crippen LogP) is 14.4. The molecule has 69 heavy (non-hydrogen) atoms. The van der Waals surface area contributed by atoms with E-state index in [0.717, 1.165) is 6.42 Å². The fourth-order valence-electron chi connectivity index (χ4n) is 8.67. The topological polar surface area (TPSA) is 126 Å². The third-order valence-corrected chi connectivity index (χ3v) is 29.5. The highest BCUT2D eigenvalue weighted by Gasteiger charge is 2.51. The molecular weight excluding hydrogens is 919 g/mol. The maximum atomic E-state index is 12.3. The predicted molar refractivity (Wildman–Crippen MR) is 295 cm³/mol. The number of allylic oxidation sites excluding steroid dienone is 3. The van der Waals surface area contributed by atoms with Crippen LogP contribution in [-0.2, 0) is 41.7 Å². The lowest BCUT2D eigenvalue weighted by Gasteiger charge is -2.51. The molecule has 1 aliphatic heterocycles. The van der Waals surface area contributed by atoms with E-state index in [1.54, 1.807) is 20.3 Å². The molecule has 0 radical (unpaired) electrons. The normalized spacial score (nSPS) is 24.7. The highest BCUT2D eigenvalue weighted by Crippen LogP contribution is 2.46. The number of hydrogen-bond donors (Lipinski definition) is 1. The monoisotopic (exact) mass is 1030 g/mol. The molecule has 0 spiro atoms. The minimum absolute atomic E-state index is 0.00850. The fraction of sp³-hybridized carbons (Fsp3) is 0.836. The third kappa shape index (κ3) is 20.1. The molecule has 0 aromatic rings. The zero-order valence-electron chi connectivity index (χ0n) is 48.7. The quantitative estimate of drug-likeness (QED) is 0.0350. The number of ether oxygens (including phenoxy) is 6. The Hall–Kier alpha value is -1.44. The standard InChI is InChI=1S/C55H107NO10Si3/c1-27-28-29-38(3)48(63-52(56)57)43(8)49(64-67(21,22)53(10,11)12)41(6)33-37(2)32-40(5)47(61-36-59-20)39(4)30-31-45(60-35-58-19)34-46-42(7)50(65-68(23,24)54(13,14)15)44(9)51(62-46)66-69(25,26)55(16,17)18/h27-32,38-51H,1,33-36H2,2-26H3,(H2,56,57)/b29-28-,31-30-,37-32-/t38-,39-,40-,41-,42-,43+,44+,45+,46-,47-,48-,49+,50-,51-/m0/s1. The molecule has 0 bridgehead atoms. The van der Waals surface area contributed by atoms with Crippen molar-refractivity contribution in [3.63, 3.8) is 0 Å². The molecule has 2 N–H and O–H groups in total. The van der Waals surface area contributed by atoms with E-state index in [-0.39, 0.29) is 101 Å². The summed E-state index contributed by atoms with van der Waals surface area (Å²) < 4.78 is 58.4. The number of rotatable bonds is 28. The summed E-state index contributed by atoms with van der Waals surface area (Å²) in [7, 11) is -3.30. The number of amides is 1. The molecule has 0 aromatic carbocycles. The van der Waals surface area contributed by atoms with Crippen molar-refractivity contribution in [3.8, 4) is 0 Å². The first-order valence-electron chi connectivity index (χ1n) is 25.9.